The van der Waals surface area contributed by atoms with Gasteiger partial charge in [0.1, 0.15) is 11.6 Å². The minimum absolute atomic E-state index is 0.00589. The van der Waals surface area contributed by atoms with E-state index in [1.165, 1.54) is 6.20 Å². The number of ether oxygens (including phenoxy) is 3. The first-order valence-corrected chi connectivity index (χ1v) is 13.1. The number of nitrogens with zero attached hydrogens (tertiary/aromatic N) is 4. The van der Waals surface area contributed by atoms with Crippen LogP contribution in [0.5, 0.6) is 5.75 Å². The molecule has 0 radical (unpaired) electrons. The lowest BCUT2D eigenvalue weighted by molar-refractivity contribution is -0.274. The summed E-state index contributed by atoms with van der Waals surface area (Å²) in [6.07, 6.45) is -1.26. The molecule has 218 valence electrons. The zero-order valence-electron chi connectivity index (χ0n) is 21.7. The third-order valence-corrected chi connectivity index (χ3v) is 6.62. The molecule has 41 heavy (non-hydrogen) atoms. The van der Waals surface area contributed by atoms with Crippen LogP contribution in [-0.2, 0) is 14.3 Å². The SMILES string of the molecule is CCOC(=O)c1cnnc(C2=CCC(Nc3nnc(NC(=O)[C@@H](OC)c4cc(OC(F)(F)F)ccc4F)s3)CC2)c1. The van der Waals surface area contributed by atoms with E-state index in [1.807, 2.05) is 6.08 Å². The van der Waals surface area contributed by atoms with Gasteiger partial charge >= 0.3 is 12.3 Å². The van der Waals surface area contributed by atoms with Crippen LogP contribution in [0.3, 0.4) is 0 Å². The molecular formula is C25H24F4N6O5S. The van der Waals surface area contributed by atoms with Crippen LogP contribution in [0.25, 0.3) is 5.57 Å². The molecular weight excluding hydrogens is 572 g/mol. The van der Waals surface area contributed by atoms with Gasteiger partial charge in [0.15, 0.2) is 6.10 Å². The van der Waals surface area contributed by atoms with Gasteiger partial charge in [0.25, 0.3) is 5.91 Å². The van der Waals surface area contributed by atoms with E-state index in [9.17, 15) is 27.2 Å². The summed E-state index contributed by atoms with van der Waals surface area (Å²) in [7, 11) is 1.11. The third-order valence-electron chi connectivity index (χ3n) is 5.85. The van der Waals surface area contributed by atoms with Crippen LogP contribution in [0.2, 0.25) is 0 Å². The summed E-state index contributed by atoms with van der Waals surface area (Å²) in [5.41, 5.74) is 1.41. The number of allylic oxidation sites excluding steroid dienone is 1. The largest absolute Gasteiger partial charge is 0.573 e. The Kier molecular flexibility index (Phi) is 9.44. The summed E-state index contributed by atoms with van der Waals surface area (Å²) in [4.78, 5) is 24.8. The number of carbonyl (C=O) groups excluding carboxylic acids is 2. The molecule has 0 bridgehead atoms. The lowest BCUT2D eigenvalue weighted by Gasteiger charge is -2.22. The van der Waals surface area contributed by atoms with Crippen molar-refractivity contribution in [1.82, 2.24) is 20.4 Å². The average Bonchev–Trinajstić information content (AvgIpc) is 3.37. The molecule has 3 aromatic rings. The molecule has 11 nitrogen and oxygen atoms in total. The second-order valence-electron chi connectivity index (χ2n) is 8.64. The quantitative estimate of drug-likeness (QED) is 0.245. The second-order valence-corrected chi connectivity index (χ2v) is 9.62. The predicted molar refractivity (Wildman–Crippen MR) is 139 cm³/mol. The normalized spacial score (nSPS) is 16.0. The number of methoxy groups -OCH3 is 1. The van der Waals surface area contributed by atoms with Crippen LogP contribution in [0.15, 0.2) is 36.5 Å². The highest BCUT2D eigenvalue weighted by atomic mass is 32.1. The Morgan fingerprint density at radius 2 is 1.95 bits per heavy atom. The van der Waals surface area contributed by atoms with Crippen LogP contribution in [0, 0.1) is 5.82 Å². The van der Waals surface area contributed by atoms with Gasteiger partial charge in [0.2, 0.25) is 10.3 Å². The molecule has 2 aromatic heterocycles. The Hall–Kier alpha value is -4.18. The minimum atomic E-state index is -4.99. The summed E-state index contributed by atoms with van der Waals surface area (Å²) >= 11 is 1.02. The molecule has 0 saturated heterocycles. The first-order valence-electron chi connectivity index (χ1n) is 12.2. The number of anilines is 2. The number of esters is 1. The number of nitrogens with one attached hydrogen (secondary N) is 2. The molecule has 2 N–H and O–H groups in total. The zero-order valence-corrected chi connectivity index (χ0v) is 22.5. The van der Waals surface area contributed by atoms with E-state index >= 15 is 0 Å². The van der Waals surface area contributed by atoms with Crippen molar-refractivity contribution >= 4 is 39.0 Å². The molecule has 2 heterocycles. The van der Waals surface area contributed by atoms with Crippen molar-refractivity contribution in [2.75, 3.05) is 24.4 Å². The van der Waals surface area contributed by atoms with E-state index in [0.717, 1.165) is 42.2 Å². The van der Waals surface area contributed by atoms with E-state index in [-0.39, 0.29) is 17.8 Å². The Morgan fingerprint density at radius 3 is 2.63 bits per heavy atom. The van der Waals surface area contributed by atoms with Crippen molar-refractivity contribution in [1.29, 1.82) is 0 Å². The Bertz CT molecular complexity index is 1430. The number of alkyl halides is 3. The van der Waals surface area contributed by atoms with E-state index in [0.29, 0.717) is 35.7 Å². The third kappa shape index (κ3) is 7.94. The Balaban J connectivity index is 1.36. The van der Waals surface area contributed by atoms with Gasteiger partial charge in [-0.3, -0.25) is 10.1 Å². The monoisotopic (exact) mass is 596 g/mol. The number of carbonyl (C=O) groups is 2. The maximum atomic E-state index is 14.4. The first kappa shape index (κ1) is 29.8. The molecule has 0 fully saturated rings. The van der Waals surface area contributed by atoms with E-state index in [2.05, 4.69) is 35.8 Å². The maximum Gasteiger partial charge on any atom is 0.573 e. The van der Waals surface area contributed by atoms with Crippen molar-refractivity contribution in [2.45, 2.75) is 44.7 Å². The minimum Gasteiger partial charge on any atom is -0.462 e. The van der Waals surface area contributed by atoms with Crippen molar-refractivity contribution in [3.05, 3.63) is 59.2 Å². The zero-order chi connectivity index (χ0) is 29.6. The number of rotatable bonds is 10. The second kappa shape index (κ2) is 13.0. The maximum absolute atomic E-state index is 14.4. The lowest BCUT2D eigenvalue weighted by Crippen LogP contribution is -2.24. The van der Waals surface area contributed by atoms with Crippen molar-refractivity contribution in [2.24, 2.45) is 0 Å². The summed E-state index contributed by atoms with van der Waals surface area (Å²) in [6.45, 7) is 1.97. The molecule has 0 aliphatic heterocycles. The number of benzene rings is 1. The summed E-state index contributed by atoms with van der Waals surface area (Å²) in [6, 6.07) is 3.91. The fraction of sp³-hybridized carbons (Fsp3) is 0.360. The van der Waals surface area contributed by atoms with Gasteiger partial charge in [-0.2, -0.15) is 10.2 Å². The number of halogens is 4. The first-order chi connectivity index (χ1) is 19.6. The molecule has 4 rings (SSSR count). The number of hydrogen-bond acceptors (Lipinski definition) is 11. The van der Waals surface area contributed by atoms with Gasteiger partial charge < -0.3 is 19.5 Å². The molecule has 2 atom stereocenters. The molecule has 1 unspecified atom stereocenters. The lowest BCUT2D eigenvalue weighted by atomic mass is 9.93. The van der Waals surface area contributed by atoms with Gasteiger partial charge in [0, 0.05) is 18.7 Å². The van der Waals surface area contributed by atoms with Crippen LogP contribution in [0.1, 0.15) is 53.9 Å². The Morgan fingerprint density at radius 1 is 1.17 bits per heavy atom. The topological polar surface area (TPSA) is 137 Å². The number of amides is 1. The molecule has 1 aromatic carbocycles. The Labute approximate surface area is 234 Å². The molecule has 16 heteroatoms. The van der Waals surface area contributed by atoms with Crippen LogP contribution < -0.4 is 15.4 Å². The summed E-state index contributed by atoms with van der Waals surface area (Å²) < 4.78 is 65.9. The standard InChI is InChI=1S/C25H24F4N6O5S/c1-3-39-22(37)14-10-19(33-30-12-14)13-4-6-15(7-5-13)31-23-34-35-24(41-23)32-21(36)20(38-2)17-11-16(8-9-18(17)26)40-25(27,28)29/h4,8-12,15,20H,3,5-7H2,1-2H3,(H,31,34)(H,32,35,36)/t15?,20-/m0/s1. The fourth-order valence-corrected chi connectivity index (χ4v) is 4.74. The molecule has 1 aliphatic rings. The molecule has 0 spiro atoms. The van der Waals surface area contributed by atoms with Gasteiger partial charge in [-0.15, -0.1) is 23.4 Å². The van der Waals surface area contributed by atoms with Crippen molar-refractivity contribution in [3.8, 4) is 5.75 Å². The van der Waals surface area contributed by atoms with Gasteiger partial charge in [-0.25, -0.2) is 9.18 Å². The predicted octanol–water partition coefficient (Wildman–Crippen LogP) is 4.92. The van der Waals surface area contributed by atoms with Crippen LogP contribution >= 0.6 is 11.3 Å². The average molecular weight is 597 g/mol. The number of hydrogen-bond donors (Lipinski definition) is 2. The smallest absolute Gasteiger partial charge is 0.462 e. The van der Waals surface area contributed by atoms with Crippen LogP contribution in [0.4, 0.5) is 27.8 Å². The molecule has 0 saturated carbocycles. The van der Waals surface area contributed by atoms with E-state index in [4.69, 9.17) is 9.47 Å². The highest BCUT2D eigenvalue weighted by molar-refractivity contribution is 7.19. The van der Waals surface area contributed by atoms with E-state index < -0.39 is 41.5 Å². The highest BCUT2D eigenvalue weighted by Crippen LogP contribution is 2.32. The van der Waals surface area contributed by atoms with Crippen molar-refractivity contribution < 1.29 is 41.4 Å². The summed E-state index contributed by atoms with van der Waals surface area (Å²) in [5, 5.41) is 22.1. The van der Waals surface area contributed by atoms with Gasteiger partial charge in [0.05, 0.1) is 24.1 Å². The summed E-state index contributed by atoms with van der Waals surface area (Å²) in [5.74, 6) is -2.99. The van der Waals surface area contributed by atoms with Crippen molar-refractivity contribution in [3.63, 3.8) is 0 Å². The van der Waals surface area contributed by atoms with Crippen LogP contribution in [-0.4, -0.2) is 58.4 Å². The molecule has 1 aliphatic carbocycles. The van der Waals surface area contributed by atoms with E-state index in [1.54, 1.807) is 13.0 Å². The van der Waals surface area contributed by atoms with Gasteiger partial charge in [-0.05, 0) is 56.0 Å². The highest BCUT2D eigenvalue weighted by Gasteiger charge is 2.32. The molecule has 1 amide bonds. The number of aromatic nitrogens is 4. The van der Waals surface area contributed by atoms with Gasteiger partial charge in [-0.1, -0.05) is 17.4 Å². The fourth-order valence-electron chi connectivity index (χ4n) is 4.02.